The molecule has 0 fully saturated rings. The molecule has 0 radical (unpaired) electrons. The summed E-state index contributed by atoms with van der Waals surface area (Å²) < 4.78 is 30.0. The van der Waals surface area contributed by atoms with Crippen LogP contribution in [0.3, 0.4) is 0 Å². The van der Waals surface area contributed by atoms with Crippen molar-refractivity contribution in [1.82, 2.24) is 0 Å². The van der Waals surface area contributed by atoms with Gasteiger partial charge in [0.15, 0.2) is 5.78 Å². The van der Waals surface area contributed by atoms with E-state index in [9.17, 15) is 13.2 Å². The number of nitrogens with two attached hydrogens (primary N) is 1. The molecule has 0 spiro atoms. The predicted molar refractivity (Wildman–Crippen MR) is 109 cm³/mol. The van der Waals surface area contributed by atoms with Crippen molar-refractivity contribution in [1.29, 1.82) is 0 Å². The molecule has 0 aromatic heterocycles. The second-order valence-corrected chi connectivity index (χ2v) is 9.02. The first-order valence-electron chi connectivity index (χ1n) is 10.6. The molecule has 26 heavy (non-hydrogen) atoms. The number of ketones is 1. The quantitative estimate of drug-likeness (QED) is 0.238. The van der Waals surface area contributed by atoms with E-state index in [2.05, 4.69) is 6.92 Å². The van der Waals surface area contributed by atoms with E-state index in [0.29, 0.717) is 6.42 Å². The molecule has 0 aliphatic rings. The molecule has 0 saturated heterocycles. The second-order valence-electron chi connectivity index (χ2n) is 7.52. The molecular formula is C20H41NO4S. The minimum absolute atomic E-state index is 0.280. The van der Waals surface area contributed by atoms with E-state index in [0.717, 1.165) is 19.3 Å². The Balaban J connectivity index is 3.30. The van der Waals surface area contributed by atoms with E-state index in [1.165, 1.54) is 77.0 Å². The van der Waals surface area contributed by atoms with Crippen molar-refractivity contribution < 1.29 is 17.8 Å². The summed E-state index contributed by atoms with van der Waals surface area (Å²) in [6.45, 7) is 2.25. The zero-order valence-electron chi connectivity index (χ0n) is 16.8. The van der Waals surface area contributed by atoms with E-state index in [1.54, 1.807) is 0 Å². The van der Waals surface area contributed by atoms with Gasteiger partial charge in [-0.2, -0.15) is 8.42 Å². The molecule has 0 aliphatic heterocycles. The van der Waals surface area contributed by atoms with Gasteiger partial charge in [0.1, 0.15) is 0 Å². The SMILES string of the molecule is CCCCCCCCCCCCCCCCCC(=O)C(N)CS(=O)(=O)O. The van der Waals surface area contributed by atoms with E-state index in [1.807, 2.05) is 0 Å². The highest BCUT2D eigenvalue weighted by atomic mass is 32.2. The molecule has 156 valence electrons. The summed E-state index contributed by atoms with van der Waals surface area (Å²) in [6, 6.07) is -1.10. The van der Waals surface area contributed by atoms with E-state index < -0.39 is 21.9 Å². The zero-order chi connectivity index (χ0) is 19.7. The lowest BCUT2D eigenvalue weighted by molar-refractivity contribution is -0.120. The molecule has 0 rings (SSSR count). The topological polar surface area (TPSA) is 97.5 Å². The molecular weight excluding hydrogens is 350 g/mol. The maximum Gasteiger partial charge on any atom is 0.266 e. The van der Waals surface area contributed by atoms with Gasteiger partial charge >= 0.3 is 0 Å². The molecule has 0 heterocycles. The highest BCUT2D eigenvalue weighted by Crippen LogP contribution is 2.13. The fourth-order valence-electron chi connectivity index (χ4n) is 3.18. The Morgan fingerprint density at radius 2 is 1.12 bits per heavy atom. The van der Waals surface area contributed by atoms with E-state index in [-0.39, 0.29) is 5.78 Å². The standard InChI is InChI=1S/C20H41NO4S/c1-2-3-4-5-6-7-8-9-10-11-12-13-14-15-16-17-20(22)19(21)18-26(23,24)25/h19H,2-18,21H2,1H3,(H,23,24,25). The summed E-state index contributed by atoms with van der Waals surface area (Å²) in [4.78, 5) is 11.7. The Hall–Kier alpha value is -0.460. The average Bonchev–Trinajstić information content (AvgIpc) is 2.56. The van der Waals surface area contributed by atoms with Gasteiger partial charge in [-0.3, -0.25) is 9.35 Å². The second kappa shape index (κ2) is 16.7. The van der Waals surface area contributed by atoms with Crippen LogP contribution >= 0.6 is 0 Å². The lowest BCUT2D eigenvalue weighted by Gasteiger charge is -2.08. The van der Waals surface area contributed by atoms with Crippen LogP contribution in [0.1, 0.15) is 110 Å². The Labute approximate surface area is 161 Å². The van der Waals surface area contributed by atoms with Crippen molar-refractivity contribution in [2.45, 2.75) is 116 Å². The Morgan fingerprint density at radius 1 is 0.769 bits per heavy atom. The van der Waals surface area contributed by atoms with Crippen LogP contribution in [0.2, 0.25) is 0 Å². The van der Waals surface area contributed by atoms with Crippen molar-refractivity contribution in [2.75, 3.05) is 5.75 Å². The minimum Gasteiger partial charge on any atom is -0.321 e. The first-order valence-corrected chi connectivity index (χ1v) is 12.2. The average molecular weight is 392 g/mol. The van der Waals surface area contributed by atoms with Crippen LogP contribution in [0.5, 0.6) is 0 Å². The van der Waals surface area contributed by atoms with Crippen LogP contribution in [0.15, 0.2) is 0 Å². The third kappa shape index (κ3) is 18.3. The fourth-order valence-corrected chi connectivity index (χ4v) is 3.82. The maximum absolute atomic E-state index is 11.7. The first-order chi connectivity index (χ1) is 12.4. The van der Waals surface area contributed by atoms with Gasteiger partial charge < -0.3 is 5.73 Å². The molecule has 0 amide bonds. The number of Topliss-reactive ketones (excluding diaryl/α,β-unsaturated/α-hetero) is 1. The van der Waals surface area contributed by atoms with Gasteiger partial charge in [0.05, 0.1) is 11.8 Å². The van der Waals surface area contributed by atoms with Gasteiger partial charge in [-0.05, 0) is 6.42 Å². The molecule has 3 N–H and O–H groups in total. The summed E-state index contributed by atoms with van der Waals surface area (Å²) in [5, 5.41) is 0. The molecule has 5 nitrogen and oxygen atoms in total. The van der Waals surface area contributed by atoms with Crippen molar-refractivity contribution in [2.24, 2.45) is 5.73 Å². The molecule has 1 atom stereocenters. The predicted octanol–water partition coefficient (Wildman–Crippen LogP) is 5.03. The molecule has 1 unspecified atom stereocenters. The monoisotopic (exact) mass is 391 g/mol. The highest BCUT2D eigenvalue weighted by Gasteiger charge is 2.19. The number of hydrogen-bond acceptors (Lipinski definition) is 4. The van der Waals surface area contributed by atoms with Gasteiger partial charge in [-0.15, -0.1) is 0 Å². The van der Waals surface area contributed by atoms with Gasteiger partial charge in [0.25, 0.3) is 10.1 Å². The molecule has 0 aliphatic carbocycles. The largest absolute Gasteiger partial charge is 0.321 e. The molecule has 0 aromatic carbocycles. The number of hydrogen-bond donors (Lipinski definition) is 2. The van der Waals surface area contributed by atoms with Crippen molar-refractivity contribution in [3.63, 3.8) is 0 Å². The molecule has 0 aromatic rings. The third-order valence-electron chi connectivity index (χ3n) is 4.83. The minimum atomic E-state index is -4.17. The Kier molecular flexibility index (Phi) is 16.4. The Bertz CT molecular complexity index is 437. The van der Waals surface area contributed by atoms with Crippen molar-refractivity contribution in [3.05, 3.63) is 0 Å². The first kappa shape index (κ1) is 25.5. The van der Waals surface area contributed by atoms with E-state index >= 15 is 0 Å². The van der Waals surface area contributed by atoms with Gasteiger partial charge in [-0.1, -0.05) is 96.8 Å². The van der Waals surface area contributed by atoms with Crippen LogP contribution in [0.4, 0.5) is 0 Å². The summed E-state index contributed by atoms with van der Waals surface area (Å²) in [6.07, 6.45) is 19.2. The van der Waals surface area contributed by atoms with Crippen LogP contribution in [0, 0.1) is 0 Å². The molecule has 6 heteroatoms. The molecule has 0 bridgehead atoms. The normalized spacial score (nSPS) is 13.0. The lowest BCUT2D eigenvalue weighted by Crippen LogP contribution is -2.37. The zero-order valence-corrected chi connectivity index (χ0v) is 17.6. The summed E-state index contributed by atoms with van der Waals surface area (Å²) in [7, 11) is -4.17. The number of carbonyl (C=O) groups excluding carboxylic acids is 1. The number of unbranched alkanes of at least 4 members (excludes halogenated alkanes) is 14. The summed E-state index contributed by atoms with van der Waals surface area (Å²) >= 11 is 0. The van der Waals surface area contributed by atoms with Gasteiger partial charge in [0.2, 0.25) is 0 Å². The van der Waals surface area contributed by atoms with Crippen LogP contribution in [-0.4, -0.2) is 30.5 Å². The third-order valence-corrected chi connectivity index (χ3v) is 5.61. The highest BCUT2D eigenvalue weighted by molar-refractivity contribution is 7.85. The number of carbonyl (C=O) groups is 1. The van der Waals surface area contributed by atoms with Gasteiger partial charge in [-0.25, -0.2) is 0 Å². The summed E-state index contributed by atoms with van der Waals surface area (Å²) in [5.74, 6) is -0.956. The smallest absolute Gasteiger partial charge is 0.266 e. The van der Waals surface area contributed by atoms with Crippen LogP contribution in [-0.2, 0) is 14.9 Å². The van der Waals surface area contributed by atoms with Crippen LogP contribution in [0.25, 0.3) is 0 Å². The van der Waals surface area contributed by atoms with E-state index in [4.69, 9.17) is 10.3 Å². The lowest BCUT2D eigenvalue weighted by atomic mass is 10.0. The Morgan fingerprint density at radius 3 is 1.46 bits per heavy atom. The van der Waals surface area contributed by atoms with Crippen LogP contribution < -0.4 is 5.73 Å². The summed E-state index contributed by atoms with van der Waals surface area (Å²) in [5.41, 5.74) is 5.48. The van der Waals surface area contributed by atoms with Crippen molar-refractivity contribution >= 4 is 15.9 Å². The number of rotatable bonds is 19. The van der Waals surface area contributed by atoms with Gasteiger partial charge in [0, 0.05) is 6.42 Å². The maximum atomic E-state index is 11.7. The molecule has 0 saturated carbocycles. The van der Waals surface area contributed by atoms with Crippen molar-refractivity contribution in [3.8, 4) is 0 Å². The fraction of sp³-hybridized carbons (Fsp3) is 0.950.